The Morgan fingerprint density at radius 2 is 1.94 bits per heavy atom. The summed E-state index contributed by atoms with van der Waals surface area (Å²) in [5, 5.41) is 10.8. The number of fused-ring (bicyclic) bond motifs is 7. The first kappa shape index (κ1) is 23.5. The molecule has 6 fully saturated rings. The number of ketones is 1. The van der Waals surface area contributed by atoms with E-state index in [4.69, 9.17) is 28.4 Å². The van der Waals surface area contributed by atoms with E-state index in [1.807, 2.05) is 0 Å². The van der Waals surface area contributed by atoms with E-state index in [-0.39, 0.29) is 48.5 Å². The second-order valence-corrected chi connectivity index (χ2v) is 11.3. The van der Waals surface area contributed by atoms with Gasteiger partial charge in [-0.1, -0.05) is 6.58 Å². The highest BCUT2D eigenvalue weighted by molar-refractivity contribution is 5.79. The Morgan fingerprint density at radius 3 is 2.74 bits per heavy atom. The molecule has 10 atom stereocenters. The second kappa shape index (κ2) is 9.54. The molecule has 6 aliphatic heterocycles. The third-order valence-electron chi connectivity index (χ3n) is 8.54. The van der Waals surface area contributed by atoms with Gasteiger partial charge in [0, 0.05) is 45.3 Å². The number of carbonyl (C=O) groups is 1. The average Bonchev–Trinajstić information content (AvgIpc) is 3.52. The molecule has 0 spiro atoms. The largest absolute Gasteiger partial charge is 0.390 e. The number of aliphatic hydroxyl groups excluding tert-OH is 1. The van der Waals surface area contributed by atoms with Gasteiger partial charge in [0.15, 0.2) is 5.79 Å². The fraction of sp³-hybridized carbons (Fsp3) is 0.885. The van der Waals surface area contributed by atoms with E-state index in [2.05, 4.69) is 6.58 Å². The molecule has 0 aliphatic carbocycles. The SMILES string of the molecule is C=C1COC(CC[C@]23CC(O)C(O2)C2CC(O3)[C@H]3OC(CC(=O)CC4CCOC4)CCC3O2)C1. The standard InChI is InChI=1S/C26H38O8/c1-15-8-18(30-13-15)4-6-26-12-20(28)24(34-26)22-11-23(33-26)25-21(32-22)3-2-19(31-25)10-17(27)9-16-5-7-29-14-16/h16,18-25,28H,1-14H2/t16?,18?,19?,20?,21?,22?,23?,24?,25-,26+/m0/s1. The third kappa shape index (κ3) is 4.75. The van der Waals surface area contributed by atoms with Crippen LogP contribution in [0, 0.1) is 5.92 Å². The van der Waals surface area contributed by atoms with Gasteiger partial charge in [-0.25, -0.2) is 0 Å². The molecule has 0 amide bonds. The van der Waals surface area contributed by atoms with E-state index >= 15 is 0 Å². The molecule has 6 rings (SSSR count). The van der Waals surface area contributed by atoms with Crippen LogP contribution < -0.4 is 0 Å². The summed E-state index contributed by atoms with van der Waals surface area (Å²) in [5.74, 6) is -0.229. The van der Waals surface area contributed by atoms with E-state index in [9.17, 15) is 9.90 Å². The van der Waals surface area contributed by atoms with Crippen LogP contribution in [0.2, 0.25) is 0 Å². The van der Waals surface area contributed by atoms with Gasteiger partial charge in [-0.15, -0.1) is 0 Å². The van der Waals surface area contributed by atoms with Crippen molar-refractivity contribution in [2.75, 3.05) is 19.8 Å². The van der Waals surface area contributed by atoms with E-state index in [1.165, 1.54) is 0 Å². The third-order valence-corrected chi connectivity index (χ3v) is 8.54. The molecule has 0 saturated carbocycles. The minimum absolute atomic E-state index is 0.0907. The van der Waals surface area contributed by atoms with Gasteiger partial charge >= 0.3 is 0 Å². The van der Waals surface area contributed by atoms with Crippen LogP contribution in [0.3, 0.4) is 0 Å². The second-order valence-electron chi connectivity index (χ2n) is 11.3. The number of aliphatic hydroxyl groups is 1. The molecule has 0 aromatic carbocycles. The van der Waals surface area contributed by atoms with Crippen LogP contribution in [0.15, 0.2) is 12.2 Å². The predicted molar refractivity (Wildman–Crippen MR) is 120 cm³/mol. The molecule has 0 radical (unpaired) electrons. The smallest absolute Gasteiger partial charge is 0.172 e. The van der Waals surface area contributed by atoms with Gasteiger partial charge in [-0.05, 0) is 43.6 Å². The van der Waals surface area contributed by atoms with Crippen molar-refractivity contribution in [2.45, 2.75) is 119 Å². The Bertz CT molecular complexity index is 781. The summed E-state index contributed by atoms with van der Waals surface area (Å²) in [6, 6.07) is 0. The number of hydrogen-bond acceptors (Lipinski definition) is 8. The van der Waals surface area contributed by atoms with Crippen molar-refractivity contribution in [1.82, 2.24) is 0 Å². The lowest BCUT2D eigenvalue weighted by atomic mass is 9.86. The van der Waals surface area contributed by atoms with Crippen molar-refractivity contribution in [3.63, 3.8) is 0 Å². The van der Waals surface area contributed by atoms with Gasteiger partial charge in [0.1, 0.15) is 18.0 Å². The zero-order valence-corrected chi connectivity index (χ0v) is 19.9. The van der Waals surface area contributed by atoms with Crippen LogP contribution in [0.4, 0.5) is 0 Å². The Balaban J connectivity index is 1.11. The lowest BCUT2D eigenvalue weighted by Crippen LogP contribution is -2.58. The van der Waals surface area contributed by atoms with Gasteiger partial charge in [0.25, 0.3) is 0 Å². The van der Waals surface area contributed by atoms with Crippen molar-refractivity contribution in [2.24, 2.45) is 5.92 Å². The lowest BCUT2D eigenvalue weighted by molar-refractivity contribution is -0.277. The first-order valence-corrected chi connectivity index (χ1v) is 13.2. The molecule has 8 unspecified atom stereocenters. The quantitative estimate of drug-likeness (QED) is 0.558. The normalized spacial score (nSPS) is 48.0. The molecule has 0 aromatic heterocycles. The van der Waals surface area contributed by atoms with Gasteiger partial charge in [0.05, 0.1) is 43.2 Å². The molecule has 190 valence electrons. The summed E-state index contributed by atoms with van der Waals surface area (Å²) in [6.45, 7) is 6.11. The maximum Gasteiger partial charge on any atom is 0.172 e. The highest BCUT2D eigenvalue weighted by Crippen LogP contribution is 2.48. The number of hydrogen-bond donors (Lipinski definition) is 1. The molecule has 1 N–H and O–H groups in total. The molecule has 0 aromatic rings. The highest BCUT2D eigenvalue weighted by Gasteiger charge is 2.59. The van der Waals surface area contributed by atoms with Crippen molar-refractivity contribution in [3.05, 3.63) is 12.2 Å². The van der Waals surface area contributed by atoms with Crippen molar-refractivity contribution in [3.8, 4) is 0 Å². The van der Waals surface area contributed by atoms with Crippen LogP contribution in [0.5, 0.6) is 0 Å². The summed E-state index contributed by atoms with van der Waals surface area (Å²) in [6.07, 6.45) is 5.43. The number of rotatable bonds is 7. The number of ether oxygens (including phenoxy) is 6. The van der Waals surface area contributed by atoms with Crippen LogP contribution >= 0.6 is 0 Å². The Morgan fingerprint density at radius 1 is 1.03 bits per heavy atom. The van der Waals surface area contributed by atoms with Crippen LogP contribution in [-0.4, -0.2) is 85.3 Å². The zero-order chi connectivity index (χ0) is 23.3. The minimum atomic E-state index is -0.844. The summed E-state index contributed by atoms with van der Waals surface area (Å²) in [5.41, 5.74) is 1.12. The van der Waals surface area contributed by atoms with Crippen LogP contribution in [0.1, 0.15) is 64.2 Å². The van der Waals surface area contributed by atoms with Crippen molar-refractivity contribution < 1.29 is 38.3 Å². The molecule has 34 heavy (non-hydrogen) atoms. The lowest BCUT2D eigenvalue weighted by Gasteiger charge is -2.47. The predicted octanol–water partition coefficient (Wildman–Crippen LogP) is 2.45. The number of carbonyl (C=O) groups excluding carboxylic acids is 1. The van der Waals surface area contributed by atoms with E-state index in [1.54, 1.807) is 0 Å². The van der Waals surface area contributed by atoms with Crippen LogP contribution in [0.25, 0.3) is 0 Å². The average molecular weight is 479 g/mol. The fourth-order valence-corrected chi connectivity index (χ4v) is 6.84. The maximum atomic E-state index is 12.7. The van der Waals surface area contributed by atoms with Crippen molar-refractivity contribution in [1.29, 1.82) is 0 Å². The minimum Gasteiger partial charge on any atom is -0.390 e. The van der Waals surface area contributed by atoms with E-state index in [0.29, 0.717) is 51.2 Å². The van der Waals surface area contributed by atoms with E-state index < -0.39 is 11.9 Å². The first-order chi connectivity index (χ1) is 16.5. The fourth-order valence-electron chi connectivity index (χ4n) is 6.84. The highest BCUT2D eigenvalue weighted by atomic mass is 16.7. The van der Waals surface area contributed by atoms with Crippen molar-refractivity contribution >= 4 is 5.78 Å². The van der Waals surface area contributed by atoms with Gasteiger partial charge in [0.2, 0.25) is 0 Å². The maximum absolute atomic E-state index is 12.7. The molecule has 8 nitrogen and oxygen atoms in total. The zero-order valence-electron chi connectivity index (χ0n) is 19.9. The van der Waals surface area contributed by atoms with Gasteiger partial charge in [-0.2, -0.15) is 0 Å². The van der Waals surface area contributed by atoms with Gasteiger partial charge < -0.3 is 33.5 Å². The summed E-state index contributed by atoms with van der Waals surface area (Å²) >= 11 is 0. The Hall–Kier alpha value is -0.870. The van der Waals surface area contributed by atoms with Gasteiger partial charge in [-0.3, -0.25) is 4.79 Å². The monoisotopic (exact) mass is 478 g/mol. The van der Waals surface area contributed by atoms with E-state index in [0.717, 1.165) is 44.3 Å². The van der Waals surface area contributed by atoms with Crippen LogP contribution in [-0.2, 0) is 33.2 Å². The Labute approximate surface area is 201 Å². The molecule has 6 heterocycles. The molecule has 6 saturated heterocycles. The molecular formula is C26H38O8. The first-order valence-electron chi connectivity index (χ1n) is 13.2. The molecular weight excluding hydrogens is 440 g/mol. The Kier molecular flexibility index (Phi) is 6.60. The molecule has 8 heteroatoms. The summed E-state index contributed by atoms with van der Waals surface area (Å²) in [4.78, 5) is 12.7. The summed E-state index contributed by atoms with van der Waals surface area (Å²) < 4.78 is 37.2. The molecule has 4 bridgehead atoms. The summed E-state index contributed by atoms with van der Waals surface area (Å²) in [7, 11) is 0. The molecule has 6 aliphatic rings. The number of Topliss-reactive ketones (excluding diaryl/α,β-unsaturated/α-hetero) is 1. The topological polar surface area (TPSA) is 92.7 Å².